The molecule has 0 aromatic heterocycles. The monoisotopic (exact) mass is 373 g/mol. The maximum absolute atomic E-state index is 13.0. The number of fused-ring (bicyclic) bond motifs is 1. The third kappa shape index (κ3) is 2.78. The van der Waals surface area contributed by atoms with Crippen molar-refractivity contribution in [2.45, 2.75) is 17.2 Å². The van der Waals surface area contributed by atoms with Crippen LogP contribution in [0, 0.1) is 0 Å². The van der Waals surface area contributed by atoms with Gasteiger partial charge in [-0.1, -0.05) is 18.2 Å². The van der Waals surface area contributed by atoms with Gasteiger partial charge in [-0.05, 0) is 42.8 Å². The molecular weight excluding hydrogens is 354 g/mol. The summed E-state index contributed by atoms with van der Waals surface area (Å²) in [6, 6.07) is 12.7. The first kappa shape index (κ1) is 18.1. The molecule has 1 heterocycles. The summed E-state index contributed by atoms with van der Waals surface area (Å²) in [4.78, 5) is 26.3. The van der Waals surface area contributed by atoms with Gasteiger partial charge >= 0.3 is 0 Å². The van der Waals surface area contributed by atoms with E-state index in [1.54, 1.807) is 43.3 Å². The number of carbonyl (C=O) groups is 2. The van der Waals surface area contributed by atoms with Crippen LogP contribution in [-0.4, -0.2) is 45.0 Å². The van der Waals surface area contributed by atoms with Crippen molar-refractivity contribution in [1.82, 2.24) is 4.90 Å². The molecule has 136 valence electrons. The van der Waals surface area contributed by atoms with Crippen molar-refractivity contribution in [3.63, 3.8) is 0 Å². The molecule has 0 fully saturated rings. The van der Waals surface area contributed by atoms with Gasteiger partial charge in [0.25, 0.3) is 5.91 Å². The van der Waals surface area contributed by atoms with Crippen molar-refractivity contribution in [3.05, 3.63) is 59.7 Å². The van der Waals surface area contributed by atoms with Gasteiger partial charge in [0.15, 0.2) is 9.84 Å². The summed E-state index contributed by atoms with van der Waals surface area (Å²) in [5.41, 5.74) is -0.565. The van der Waals surface area contributed by atoms with Gasteiger partial charge in [-0.25, -0.2) is 8.42 Å². The van der Waals surface area contributed by atoms with Crippen molar-refractivity contribution >= 4 is 21.7 Å². The molecule has 0 spiro atoms. The number of ether oxygens (including phenoxy) is 1. The van der Waals surface area contributed by atoms with Crippen molar-refractivity contribution in [1.29, 1.82) is 0 Å². The van der Waals surface area contributed by atoms with Crippen molar-refractivity contribution in [3.8, 4) is 5.75 Å². The zero-order valence-corrected chi connectivity index (χ0v) is 15.5. The van der Waals surface area contributed by atoms with Crippen molar-refractivity contribution in [2.24, 2.45) is 0 Å². The van der Waals surface area contributed by atoms with E-state index >= 15 is 0 Å². The predicted molar refractivity (Wildman–Crippen MR) is 95.9 cm³/mol. The molecule has 1 unspecified atom stereocenters. The summed E-state index contributed by atoms with van der Waals surface area (Å²) in [7, 11) is -0.905. The predicted octanol–water partition coefficient (Wildman–Crippen LogP) is 2.04. The Morgan fingerprint density at radius 2 is 1.65 bits per heavy atom. The van der Waals surface area contributed by atoms with E-state index in [0.717, 1.165) is 4.90 Å². The lowest BCUT2D eigenvalue weighted by Gasteiger charge is -2.37. The largest absolute Gasteiger partial charge is 0.497 e. The molecule has 7 heteroatoms. The van der Waals surface area contributed by atoms with Crippen LogP contribution >= 0.6 is 0 Å². The topological polar surface area (TPSA) is 80.8 Å². The van der Waals surface area contributed by atoms with Gasteiger partial charge in [0.2, 0.25) is 5.91 Å². The molecule has 26 heavy (non-hydrogen) atoms. The fourth-order valence-corrected chi connectivity index (χ4v) is 5.05. The highest BCUT2D eigenvalue weighted by molar-refractivity contribution is 7.91. The Morgan fingerprint density at radius 1 is 1.04 bits per heavy atom. The lowest BCUT2D eigenvalue weighted by molar-refractivity contribution is -0.132. The minimum absolute atomic E-state index is 0.101. The first-order valence-corrected chi connectivity index (χ1v) is 9.65. The molecule has 0 saturated heterocycles. The quantitative estimate of drug-likeness (QED) is 0.766. The summed E-state index contributed by atoms with van der Waals surface area (Å²) < 4.78 is 31.0. The Morgan fingerprint density at radius 3 is 2.27 bits per heavy atom. The number of nitrogens with zero attached hydrogens (tertiary/aromatic N) is 1. The molecule has 0 N–H and O–H groups in total. The highest BCUT2D eigenvalue weighted by Gasteiger charge is 2.48. The highest BCUT2D eigenvalue weighted by atomic mass is 32.2. The number of amides is 2. The summed E-state index contributed by atoms with van der Waals surface area (Å²) >= 11 is 0. The van der Waals surface area contributed by atoms with Gasteiger partial charge in [0, 0.05) is 12.6 Å². The number of likely N-dealkylation sites (N-methyl/N-ethyl adjacent to an activating group) is 1. The normalized spacial score (nSPS) is 20.0. The minimum atomic E-state index is -3.77. The summed E-state index contributed by atoms with van der Waals surface area (Å²) in [6.07, 6.45) is 0. The van der Waals surface area contributed by atoms with Gasteiger partial charge in [-0.2, -0.15) is 0 Å². The lowest BCUT2D eigenvalue weighted by Crippen LogP contribution is -2.54. The second-order valence-corrected chi connectivity index (χ2v) is 8.47. The van der Waals surface area contributed by atoms with E-state index in [4.69, 9.17) is 4.74 Å². The molecule has 0 aliphatic carbocycles. The van der Waals surface area contributed by atoms with E-state index in [0.29, 0.717) is 16.9 Å². The molecule has 1 aliphatic rings. The Balaban J connectivity index is 2.08. The third-order valence-corrected chi connectivity index (χ3v) is 6.68. The third-order valence-electron chi connectivity index (χ3n) is 4.73. The van der Waals surface area contributed by atoms with Crippen LogP contribution in [0.5, 0.6) is 5.75 Å². The van der Waals surface area contributed by atoms with E-state index in [-0.39, 0.29) is 4.90 Å². The van der Waals surface area contributed by atoms with Crippen LogP contribution < -0.4 is 4.74 Å². The summed E-state index contributed by atoms with van der Waals surface area (Å²) in [5, 5.41) is 0. The molecule has 1 atom stereocenters. The van der Waals surface area contributed by atoms with Crippen LogP contribution in [0.3, 0.4) is 0 Å². The molecule has 0 saturated carbocycles. The first-order chi connectivity index (χ1) is 12.2. The van der Waals surface area contributed by atoms with Gasteiger partial charge in [-0.3, -0.25) is 14.5 Å². The van der Waals surface area contributed by atoms with Crippen LogP contribution in [-0.2, 0) is 20.0 Å². The molecule has 3 rings (SSSR count). The number of rotatable bonds is 4. The zero-order chi connectivity index (χ0) is 19.1. The van der Waals surface area contributed by atoms with Gasteiger partial charge in [-0.15, -0.1) is 0 Å². The van der Waals surface area contributed by atoms with Crippen molar-refractivity contribution < 1.29 is 22.7 Å². The number of carbonyl (C=O) groups excluding carboxylic acids is 2. The number of sulfone groups is 1. The van der Waals surface area contributed by atoms with Crippen molar-refractivity contribution in [2.75, 3.05) is 19.9 Å². The Labute approximate surface area is 152 Å². The maximum atomic E-state index is 13.0. The average Bonchev–Trinajstić information content (AvgIpc) is 2.65. The van der Waals surface area contributed by atoms with E-state index < -0.39 is 32.8 Å². The molecule has 2 aromatic carbocycles. The number of imide groups is 1. The molecule has 2 amide bonds. The molecule has 0 bridgehead atoms. The highest BCUT2D eigenvalue weighted by Crippen LogP contribution is 2.36. The number of benzene rings is 2. The maximum Gasteiger partial charge on any atom is 0.260 e. The summed E-state index contributed by atoms with van der Waals surface area (Å²) in [6.45, 7) is 1.57. The Hall–Kier alpha value is -2.67. The van der Waals surface area contributed by atoms with Gasteiger partial charge < -0.3 is 4.74 Å². The Bertz CT molecular complexity index is 981. The molecule has 6 nitrogen and oxygen atoms in total. The first-order valence-electron chi connectivity index (χ1n) is 7.99. The fraction of sp³-hybridized carbons (Fsp3) is 0.263. The Kier molecular flexibility index (Phi) is 4.36. The molecule has 1 aliphatic heterocycles. The average molecular weight is 373 g/mol. The standard InChI is InChI=1S/C19H19NO5S/c1-19(12-26(23,24)14-10-8-13(25-3)9-11-14)16-7-5-4-6-15(16)17(21)20(2)18(19)22/h4-11H,12H2,1-3H3. The van der Waals surface area contributed by atoms with Gasteiger partial charge in [0.1, 0.15) is 5.75 Å². The minimum Gasteiger partial charge on any atom is -0.497 e. The van der Waals surface area contributed by atoms with Crippen LogP contribution in [0.15, 0.2) is 53.4 Å². The molecule has 2 aromatic rings. The molecule has 0 radical (unpaired) electrons. The molecular formula is C19H19NO5S. The SMILES string of the molecule is COc1ccc(S(=O)(=O)CC2(C)C(=O)N(C)C(=O)c3ccccc32)cc1. The van der Waals surface area contributed by atoms with Crippen LogP contribution in [0.25, 0.3) is 0 Å². The second-order valence-electron chi connectivity index (χ2n) is 6.48. The van der Waals surface area contributed by atoms with E-state index in [1.807, 2.05) is 0 Å². The second kappa shape index (κ2) is 6.25. The van der Waals surface area contributed by atoms with E-state index in [2.05, 4.69) is 0 Å². The smallest absolute Gasteiger partial charge is 0.260 e. The lowest BCUT2D eigenvalue weighted by atomic mass is 9.77. The van der Waals surface area contributed by atoms with Crippen LogP contribution in [0.4, 0.5) is 0 Å². The number of hydrogen-bond acceptors (Lipinski definition) is 5. The fourth-order valence-electron chi connectivity index (χ4n) is 3.29. The van der Waals surface area contributed by atoms with E-state index in [1.165, 1.54) is 26.3 Å². The van der Waals surface area contributed by atoms with Crippen LogP contribution in [0.2, 0.25) is 0 Å². The van der Waals surface area contributed by atoms with Crippen LogP contribution in [0.1, 0.15) is 22.8 Å². The van der Waals surface area contributed by atoms with E-state index in [9.17, 15) is 18.0 Å². The number of methoxy groups -OCH3 is 1. The summed E-state index contributed by atoms with van der Waals surface area (Å²) in [5.74, 6) is -0.845. The number of hydrogen-bond donors (Lipinski definition) is 0. The zero-order valence-electron chi connectivity index (χ0n) is 14.7. The van der Waals surface area contributed by atoms with Gasteiger partial charge in [0.05, 0.1) is 23.2 Å².